The second kappa shape index (κ2) is 12.4. The lowest BCUT2D eigenvalue weighted by molar-refractivity contribution is -0.139. The monoisotopic (exact) mass is 527 g/mol. The summed E-state index contributed by atoms with van der Waals surface area (Å²) in [7, 11) is -3.88. The van der Waals surface area contributed by atoms with Crippen LogP contribution in [-0.2, 0) is 26.0 Å². The highest BCUT2D eigenvalue weighted by atomic mass is 35.5. The number of nitrogens with one attached hydrogen (secondary N) is 1. The zero-order valence-corrected chi connectivity index (χ0v) is 22.1. The lowest BCUT2D eigenvalue weighted by Crippen LogP contribution is -2.54. The quantitative estimate of drug-likeness (QED) is 0.475. The number of benzene rings is 2. The van der Waals surface area contributed by atoms with Crippen molar-refractivity contribution in [2.24, 2.45) is 0 Å². The van der Waals surface area contributed by atoms with Gasteiger partial charge in [-0.15, -0.1) is 0 Å². The van der Waals surface area contributed by atoms with Gasteiger partial charge in [-0.3, -0.25) is 13.9 Å². The van der Waals surface area contributed by atoms with Crippen molar-refractivity contribution >= 4 is 50.7 Å². The molecule has 0 radical (unpaired) electrons. The van der Waals surface area contributed by atoms with Crippen molar-refractivity contribution in [1.29, 1.82) is 0 Å². The topological polar surface area (TPSA) is 86.8 Å². The van der Waals surface area contributed by atoms with E-state index < -0.39 is 28.5 Å². The number of hydrogen-bond donors (Lipinski definition) is 1. The maximum atomic E-state index is 13.5. The number of anilines is 1. The number of amides is 2. The summed E-state index contributed by atoms with van der Waals surface area (Å²) in [6.45, 7) is 5.23. The molecular formula is C24H31Cl2N3O4S. The molecule has 7 nitrogen and oxygen atoms in total. The van der Waals surface area contributed by atoms with Crippen LogP contribution in [0, 0.1) is 0 Å². The Bertz CT molecular complexity index is 1090. The number of carbonyl (C=O) groups is 2. The van der Waals surface area contributed by atoms with Gasteiger partial charge in [0.2, 0.25) is 21.8 Å². The predicted molar refractivity (Wildman–Crippen MR) is 138 cm³/mol. The molecule has 34 heavy (non-hydrogen) atoms. The molecule has 10 heteroatoms. The molecule has 1 N–H and O–H groups in total. The van der Waals surface area contributed by atoms with Gasteiger partial charge in [0.25, 0.3) is 0 Å². The number of nitrogens with zero attached hydrogens (tertiary/aromatic N) is 2. The molecule has 1 atom stereocenters. The fourth-order valence-corrected chi connectivity index (χ4v) is 4.86. The Balaban J connectivity index is 2.40. The third-order valence-electron chi connectivity index (χ3n) is 5.18. The van der Waals surface area contributed by atoms with Crippen molar-refractivity contribution in [3.63, 3.8) is 0 Å². The largest absolute Gasteiger partial charge is 0.352 e. The summed E-state index contributed by atoms with van der Waals surface area (Å²) < 4.78 is 26.2. The van der Waals surface area contributed by atoms with E-state index in [-0.39, 0.29) is 34.2 Å². The molecule has 0 heterocycles. The second-order valence-electron chi connectivity index (χ2n) is 8.25. The van der Waals surface area contributed by atoms with Gasteiger partial charge in [-0.05, 0) is 44.4 Å². The molecule has 0 aliphatic heterocycles. The van der Waals surface area contributed by atoms with Crippen molar-refractivity contribution in [2.75, 3.05) is 23.7 Å². The van der Waals surface area contributed by atoms with Crippen molar-refractivity contribution in [3.05, 3.63) is 64.1 Å². The maximum Gasteiger partial charge on any atom is 0.244 e. The van der Waals surface area contributed by atoms with Gasteiger partial charge in [-0.25, -0.2) is 8.42 Å². The Labute approximate surface area is 212 Å². The number of hydrogen-bond acceptors (Lipinski definition) is 4. The average molecular weight is 529 g/mol. The summed E-state index contributed by atoms with van der Waals surface area (Å²) in [6, 6.07) is 13.3. The molecule has 0 bridgehead atoms. The minimum atomic E-state index is -3.88. The summed E-state index contributed by atoms with van der Waals surface area (Å²) in [4.78, 5) is 27.9. The molecule has 2 aromatic rings. The Hall–Kier alpha value is -2.29. The third-order valence-corrected chi connectivity index (χ3v) is 7.12. The van der Waals surface area contributed by atoms with E-state index in [1.807, 2.05) is 51.1 Å². The van der Waals surface area contributed by atoms with E-state index in [0.29, 0.717) is 12.8 Å². The van der Waals surface area contributed by atoms with E-state index in [4.69, 9.17) is 23.2 Å². The van der Waals surface area contributed by atoms with Crippen molar-refractivity contribution in [3.8, 4) is 0 Å². The number of halogens is 2. The fraction of sp³-hybridized carbons (Fsp3) is 0.417. The highest BCUT2D eigenvalue weighted by Gasteiger charge is 2.32. The van der Waals surface area contributed by atoms with Gasteiger partial charge < -0.3 is 10.2 Å². The van der Waals surface area contributed by atoms with Crippen LogP contribution in [0.4, 0.5) is 5.69 Å². The first-order valence-electron chi connectivity index (χ1n) is 11.0. The fourth-order valence-electron chi connectivity index (χ4n) is 3.56. The molecule has 0 fully saturated rings. The zero-order valence-electron chi connectivity index (χ0n) is 19.8. The summed E-state index contributed by atoms with van der Waals surface area (Å²) in [5.74, 6) is -0.797. The lowest BCUT2D eigenvalue weighted by atomic mass is 10.1. The zero-order chi connectivity index (χ0) is 25.5. The standard InChI is InChI=1S/C24H31Cl2N3O4S/c1-5-20(24(31)27-17(2)3)28(15-14-18-10-7-6-8-11-18)22(30)16-29(34(4,32)33)21-13-9-12-19(25)23(21)26/h6-13,17,20H,5,14-16H2,1-4H3,(H,27,31)/t20-/m1/s1. The highest BCUT2D eigenvalue weighted by molar-refractivity contribution is 7.92. The minimum Gasteiger partial charge on any atom is -0.352 e. The van der Waals surface area contributed by atoms with Crippen LogP contribution in [0.5, 0.6) is 0 Å². The smallest absolute Gasteiger partial charge is 0.244 e. The van der Waals surface area contributed by atoms with Crippen LogP contribution < -0.4 is 9.62 Å². The average Bonchev–Trinajstić information content (AvgIpc) is 2.76. The molecule has 0 spiro atoms. The molecule has 0 saturated heterocycles. The molecule has 2 rings (SSSR count). The van der Waals surface area contributed by atoms with Gasteiger partial charge in [0.05, 0.1) is 22.0 Å². The lowest BCUT2D eigenvalue weighted by Gasteiger charge is -2.33. The van der Waals surface area contributed by atoms with Gasteiger partial charge in [0.15, 0.2) is 0 Å². The molecule has 2 aromatic carbocycles. The third kappa shape index (κ3) is 7.61. The van der Waals surface area contributed by atoms with Gasteiger partial charge in [-0.2, -0.15) is 0 Å². The molecule has 0 aromatic heterocycles. The van der Waals surface area contributed by atoms with E-state index in [9.17, 15) is 18.0 Å². The first kappa shape index (κ1) is 28.0. The summed E-state index contributed by atoms with van der Waals surface area (Å²) >= 11 is 12.4. The van der Waals surface area contributed by atoms with Gasteiger partial charge in [0.1, 0.15) is 12.6 Å². The van der Waals surface area contributed by atoms with E-state index in [2.05, 4.69) is 5.32 Å². The maximum absolute atomic E-state index is 13.5. The second-order valence-corrected chi connectivity index (χ2v) is 10.9. The molecule has 2 amide bonds. The van der Waals surface area contributed by atoms with Crippen LogP contribution in [0.15, 0.2) is 48.5 Å². The predicted octanol–water partition coefficient (Wildman–Crippen LogP) is 4.13. The van der Waals surface area contributed by atoms with E-state index in [1.54, 1.807) is 6.07 Å². The van der Waals surface area contributed by atoms with Crippen LogP contribution in [-0.4, -0.2) is 56.6 Å². The number of sulfonamides is 1. The van der Waals surface area contributed by atoms with Crippen LogP contribution in [0.25, 0.3) is 0 Å². The van der Waals surface area contributed by atoms with Gasteiger partial charge in [-0.1, -0.05) is 66.5 Å². The molecule has 0 unspecified atom stereocenters. The van der Waals surface area contributed by atoms with Crippen LogP contribution in [0.1, 0.15) is 32.8 Å². The number of carbonyl (C=O) groups excluding carboxylic acids is 2. The van der Waals surface area contributed by atoms with Crippen LogP contribution in [0.3, 0.4) is 0 Å². The molecule has 0 saturated carbocycles. The van der Waals surface area contributed by atoms with E-state index in [0.717, 1.165) is 16.1 Å². The highest BCUT2D eigenvalue weighted by Crippen LogP contribution is 2.33. The summed E-state index contributed by atoms with van der Waals surface area (Å²) in [5, 5.41) is 3.06. The van der Waals surface area contributed by atoms with Crippen LogP contribution in [0.2, 0.25) is 10.0 Å². The Morgan fingerprint density at radius 3 is 2.24 bits per heavy atom. The van der Waals surface area contributed by atoms with Gasteiger partial charge >= 0.3 is 0 Å². The first-order valence-corrected chi connectivity index (χ1v) is 13.6. The summed E-state index contributed by atoms with van der Waals surface area (Å²) in [6.07, 6.45) is 1.87. The molecule has 186 valence electrons. The Morgan fingerprint density at radius 2 is 1.68 bits per heavy atom. The van der Waals surface area contributed by atoms with Crippen molar-refractivity contribution < 1.29 is 18.0 Å². The Morgan fingerprint density at radius 1 is 1.03 bits per heavy atom. The SMILES string of the molecule is CC[C@H](C(=O)NC(C)C)N(CCc1ccccc1)C(=O)CN(c1cccc(Cl)c1Cl)S(C)(=O)=O. The molecular weight excluding hydrogens is 497 g/mol. The van der Waals surface area contributed by atoms with Crippen LogP contribution >= 0.6 is 23.2 Å². The minimum absolute atomic E-state index is 0.0304. The van der Waals surface area contributed by atoms with E-state index >= 15 is 0 Å². The molecule has 0 aliphatic rings. The summed E-state index contributed by atoms with van der Waals surface area (Å²) in [5.41, 5.74) is 1.10. The normalized spacial score (nSPS) is 12.3. The van der Waals surface area contributed by atoms with Crippen molar-refractivity contribution in [1.82, 2.24) is 10.2 Å². The van der Waals surface area contributed by atoms with Crippen molar-refractivity contribution in [2.45, 2.75) is 45.7 Å². The number of rotatable bonds is 11. The molecule has 0 aliphatic carbocycles. The Kier molecular flexibility index (Phi) is 10.2. The first-order chi connectivity index (χ1) is 16.0. The van der Waals surface area contributed by atoms with E-state index in [1.165, 1.54) is 17.0 Å². The van der Waals surface area contributed by atoms with Gasteiger partial charge in [0, 0.05) is 12.6 Å².